The number of ether oxygens (including phenoxy) is 1. The lowest BCUT2D eigenvalue weighted by molar-refractivity contribution is -0.0334. The van der Waals surface area contributed by atoms with Crippen LogP contribution in [-0.4, -0.2) is 67.6 Å². The topological polar surface area (TPSA) is 89.0 Å². The maximum atomic E-state index is 12.7. The number of carbonyl (C=O) groups excluding carboxylic acids is 2. The molecule has 1 aliphatic heterocycles. The van der Waals surface area contributed by atoms with Crippen molar-refractivity contribution < 1.29 is 18.7 Å². The Morgan fingerprint density at radius 3 is 2.65 bits per heavy atom. The minimum atomic E-state index is -0.671. The number of carbonyl (C=O) groups is 2. The molecule has 0 spiro atoms. The fourth-order valence-corrected chi connectivity index (χ4v) is 2.82. The third-order valence-electron chi connectivity index (χ3n) is 4.29. The number of hydrogen-bond donors (Lipinski definition) is 1. The Kier molecular flexibility index (Phi) is 4.68. The Balaban J connectivity index is 1.69. The number of rotatable bonds is 6. The molecule has 0 radical (unpaired) electrons. The summed E-state index contributed by atoms with van der Waals surface area (Å²) in [5.74, 6) is -0.154. The summed E-state index contributed by atoms with van der Waals surface area (Å²) in [6, 6.07) is 2.95. The predicted octanol–water partition coefficient (Wildman–Crippen LogP) is 0.561. The Morgan fingerprint density at radius 2 is 2.04 bits per heavy atom. The van der Waals surface area contributed by atoms with E-state index in [2.05, 4.69) is 4.90 Å². The van der Waals surface area contributed by atoms with Gasteiger partial charge in [0.05, 0.1) is 12.7 Å². The van der Waals surface area contributed by atoms with Crippen molar-refractivity contribution in [3.63, 3.8) is 0 Å². The normalized spacial score (nSPS) is 22.0. The number of morpholine rings is 1. The van der Waals surface area contributed by atoms with E-state index in [1.807, 2.05) is 7.05 Å². The molecule has 1 aromatic heterocycles. The molecule has 1 atom stereocenters. The summed E-state index contributed by atoms with van der Waals surface area (Å²) in [6.07, 6.45) is 2.31. The number of amides is 2. The van der Waals surface area contributed by atoms with E-state index in [0.29, 0.717) is 25.6 Å². The zero-order valence-corrected chi connectivity index (χ0v) is 13.4. The second-order valence-corrected chi connectivity index (χ2v) is 6.44. The molecule has 2 fully saturated rings. The van der Waals surface area contributed by atoms with Crippen molar-refractivity contribution in [3.05, 3.63) is 23.7 Å². The lowest BCUT2D eigenvalue weighted by Crippen LogP contribution is -2.48. The summed E-state index contributed by atoms with van der Waals surface area (Å²) in [5.41, 5.74) is 5.18. The molecule has 1 aliphatic carbocycles. The molecular formula is C16H23N3O4. The van der Waals surface area contributed by atoms with Crippen molar-refractivity contribution in [2.45, 2.75) is 18.9 Å². The van der Waals surface area contributed by atoms with Crippen molar-refractivity contribution in [3.8, 4) is 0 Å². The molecule has 3 rings (SSSR count). The van der Waals surface area contributed by atoms with Crippen LogP contribution in [0.5, 0.6) is 0 Å². The van der Waals surface area contributed by atoms with Gasteiger partial charge in [-0.05, 0) is 37.9 Å². The smallest absolute Gasteiger partial charge is 0.289 e. The number of nitrogens with two attached hydrogens (primary N) is 1. The second-order valence-electron chi connectivity index (χ2n) is 6.44. The van der Waals surface area contributed by atoms with Gasteiger partial charge in [0.25, 0.3) is 11.8 Å². The zero-order chi connectivity index (χ0) is 16.4. The highest BCUT2D eigenvalue weighted by Gasteiger charge is 2.31. The molecule has 0 aromatic carbocycles. The number of hydrogen-bond acceptors (Lipinski definition) is 5. The average molecular weight is 321 g/mol. The Hall–Kier alpha value is -1.86. The van der Waals surface area contributed by atoms with Crippen LogP contribution in [0.1, 0.15) is 34.0 Å². The van der Waals surface area contributed by atoms with Gasteiger partial charge in [0.1, 0.15) is 0 Å². The van der Waals surface area contributed by atoms with Crippen molar-refractivity contribution in [1.29, 1.82) is 0 Å². The van der Waals surface area contributed by atoms with Gasteiger partial charge in [-0.25, -0.2) is 0 Å². The van der Waals surface area contributed by atoms with Crippen LogP contribution >= 0.6 is 0 Å². The maximum absolute atomic E-state index is 12.7. The van der Waals surface area contributed by atoms with Gasteiger partial charge in [0, 0.05) is 26.2 Å². The highest BCUT2D eigenvalue weighted by molar-refractivity contribution is 5.95. The van der Waals surface area contributed by atoms with E-state index in [4.69, 9.17) is 14.9 Å². The van der Waals surface area contributed by atoms with E-state index in [9.17, 15) is 9.59 Å². The number of furan rings is 1. The minimum absolute atomic E-state index is 0.00187. The number of nitrogens with zero attached hydrogens (tertiary/aromatic N) is 2. The molecule has 126 valence electrons. The molecular weight excluding hydrogens is 298 g/mol. The Morgan fingerprint density at radius 1 is 1.30 bits per heavy atom. The molecule has 1 saturated heterocycles. The molecule has 7 nitrogen and oxygen atoms in total. The van der Waals surface area contributed by atoms with Gasteiger partial charge in [0.15, 0.2) is 11.5 Å². The van der Waals surface area contributed by atoms with Crippen molar-refractivity contribution in [2.24, 2.45) is 11.7 Å². The SMILES string of the molecule is CN1CCO[C@H](CN(CC2CC2)C(=O)c2ccc(C(N)=O)o2)C1. The fourth-order valence-electron chi connectivity index (χ4n) is 2.82. The van der Waals surface area contributed by atoms with Gasteiger partial charge in [-0.2, -0.15) is 0 Å². The predicted molar refractivity (Wildman–Crippen MR) is 83.1 cm³/mol. The van der Waals surface area contributed by atoms with Crippen LogP contribution in [0.15, 0.2) is 16.5 Å². The van der Waals surface area contributed by atoms with E-state index < -0.39 is 5.91 Å². The molecule has 0 unspecified atom stereocenters. The molecule has 2 amide bonds. The molecule has 1 aromatic rings. The van der Waals surface area contributed by atoms with E-state index >= 15 is 0 Å². The molecule has 2 N–H and O–H groups in total. The van der Waals surface area contributed by atoms with Crippen molar-refractivity contribution in [1.82, 2.24) is 9.80 Å². The lowest BCUT2D eigenvalue weighted by Gasteiger charge is -2.33. The van der Waals surface area contributed by atoms with Crippen LogP contribution in [0.2, 0.25) is 0 Å². The number of primary amides is 1. The standard InChI is InChI=1S/C16H23N3O4/c1-18-6-7-22-12(9-18)10-19(8-11-2-3-11)16(21)14-5-4-13(23-14)15(17)20/h4-5,11-12H,2-3,6-10H2,1H3,(H2,17,20)/t12-/m0/s1. The lowest BCUT2D eigenvalue weighted by atomic mass is 10.2. The zero-order valence-electron chi connectivity index (χ0n) is 13.4. The maximum Gasteiger partial charge on any atom is 0.289 e. The van der Waals surface area contributed by atoms with Crippen LogP contribution in [0.25, 0.3) is 0 Å². The summed E-state index contributed by atoms with van der Waals surface area (Å²) in [5, 5.41) is 0. The van der Waals surface area contributed by atoms with Gasteiger partial charge in [-0.3, -0.25) is 9.59 Å². The van der Waals surface area contributed by atoms with E-state index in [0.717, 1.165) is 25.9 Å². The summed E-state index contributed by atoms with van der Waals surface area (Å²) in [7, 11) is 2.05. The Labute approximate surface area is 135 Å². The number of likely N-dealkylation sites (N-methyl/N-ethyl adjacent to an activating group) is 1. The summed E-state index contributed by atoms with van der Waals surface area (Å²) in [6.45, 7) is 3.63. The quantitative estimate of drug-likeness (QED) is 0.827. The third-order valence-corrected chi connectivity index (χ3v) is 4.29. The first kappa shape index (κ1) is 16.0. The first-order valence-corrected chi connectivity index (χ1v) is 8.02. The largest absolute Gasteiger partial charge is 0.446 e. The van der Waals surface area contributed by atoms with E-state index in [1.165, 1.54) is 12.1 Å². The molecule has 1 saturated carbocycles. The highest BCUT2D eigenvalue weighted by atomic mass is 16.5. The van der Waals surface area contributed by atoms with Crippen LogP contribution in [0.3, 0.4) is 0 Å². The third kappa shape index (κ3) is 4.11. The summed E-state index contributed by atoms with van der Waals surface area (Å²) >= 11 is 0. The first-order valence-electron chi connectivity index (χ1n) is 8.02. The van der Waals surface area contributed by atoms with Crippen LogP contribution in [0.4, 0.5) is 0 Å². The van der Waals surface area contributed by atoms with Gasteiger partial charge < -0.3 is 24.7 Å². The van der Waals surface area contributed by atoms with Gasteiger partial charge in [-0.15, -0.1) is 0 Å². The average Bonchev–Trinajstić information content (AvgIpc) is 3.18. The van der Waals surface area contributed by atoms with Crippen molar-refractivity contribution >= 4 is 11.8 Å². The monoisotopic (exact) mass is 321 g/mol. The van der Waals surface area contributed by atoms with Crippen LogP contribution in [-0.2, 0) is 4.74 Å². The summed E-state index contributed by atoms with van der Waals surface area (Å²) < 4.78 is 11.1. The fraction of sp³-hybridized carbons (Fsp3) is 0.625. The minimum Gasteiger partial charge on any atom is -0.446 e. The molecule has 0 bridgehead atoms. The van der Waals surface area contributed by atoms with Crippen molar-refractivity contribution in [2.75, 3.05) is 39.8 Å². The van der Waals surface area contributed by atoms with Gasteiger partial charge in [0.2, 0.25) is 0 Å². The van der Waals surface area contributed by atoms with Gasteiger partial charge >= 0.3 is 0 Å². The van der Waals surface area contributed by atoms with E-state index in [-0.39, 0.29) is 23.5 Å². The first-order chi connectivity index (χ1) is 11.0. The molecule has 7 heteroatoms. The van der Waals surface area contributed by atoms with Gasteiger partial charge in [-0.1, -0.05) is 0 Å². The summed E-state index contributed by atoms with van der Waals surface area (Å²) in [4.78, 5) is 27.8. The Bertz CT molecular complexity index is 582. The molecule has 23 heavy (non-hydrogen) atoms. The molecule has 2 aliphatic rings. The van der Waals surface area contributed by atoms with Crippen LogP contribution < -0.4 is 5.73 Å². The van der Waals surface area contributed by atoms with Crippen LogP contribution in [0, 0.1) is 5.92 Å². The second kappa shape index (κ2) is 6.72. The molecule has 2 heterocycles. The van der Waals surface area contributed by atoms with E-state index in [1.54, 1.807) is 4.90 Å². The highest BCUT2D eigenvalue weighted by Crippen LogP contribution is 2.30.